The van der Waals surface area contributed by atoms with Gasteiger partial charge in [-0.2, -0.15) is 0 Å². The summed E-state index contributed by atoms with van der Waals surface area (Å²) in [5.41, 5.74) is 3.82. The third kappa shape index (κ3) is 3.62. The Hall–Kier alpha value is -1.32. The monoisotopic (exact) mass is 333 g/mol. The lowest BCUT2D eigenvalue weighted by Gasteiger charge is -2.18. The molecule has 2 rings (SSSR count). The van der Waals surface area contributed by atoms with Gasteiger partial charge in [0.05, 0.1) is 7.11 Å². The van der Waals surface area contributed by atoms with E-state index in [4.69, 9.17) is 4.74 Å². The van der Waals surface area contributed by atoms with E-state index in [1.165, 1.54) is 16.7 Å². The first-order valence-electron chi connectivity index (χ1n) is 6.70. The summed E-state index contributed by atoms with van der Waals surface area (Å²) in [6.07, 6.45) is 0.914. The van der Waals surface area contributed by atoms with Gasteiger partial charge in [-0.05, 0) is 49.7 Å². The number of benzene rings is 2. The molecule has 0 saturated carbocycles. The quantitative estimate of drug-likeness (QED) is 0.882. The van der Waals surface area contributed by atoms with Crippen molar-refractivity contribution in [3.05, 3.63) is 63.6 Å². The Morgan fingerprint density at radius 2 is 1.85 bits per heavy atom. The first-order chi connectivity index (χ1) is 9.63. The van der Waals surface area contributed by atoms with Gasteiger partial charge in [0.1, 0.15) is 5.75 Å². The van der Waals surface area contributed by atoms with E-state index >= 15 is 0 Å². The molecule has 0 fully saturated rings. The van der Waals surface area contributed by atoms with Crippen molar-refractivity contribution in [2.45, 2.75) is 19.4 Å². The SMILES string of the molecule is CNC(Cc1cc(OC)ccc1Br)c1ccc(C)cc1. The van der Waals surface area contributed by atoms with Gasteiger partial charge in [-0.3, -0.25) is 0 Å². The maximum atomic E-state index is 5.31. The van der Waals surface area contributed by atoms with E-state index in [0.717, 1.165) is 16.6 Å². The Bertz CT molecular complexity index is 566. The van der Waals surface area contributed by atoms with Crippen LogP contribution in [0, 0.1) is 6.92 Å². The Labute approximate surface area is 129 Å². The van der Waals surface area contributed by atoms with Crippen LogP contribution in [0.15, 0.2) is 46.9 Å². The summed E-state index contributed by atoms with van der Waals surface area (Å²) in [5.74, 6) is 0.891. The molecular weight excluding hydrogens is 314 g/mol. The van der Waals surface area contributed by atoms with Crippen LogP contribution in [0.1, 0.15) is 22.7 Å². The normalized spacial score (nSPS) is 12.2. The van der Waals surface area contributed by atoms with Gasteiger partial charge in [0.2, 0.25) is 0 Å². The molecule has 1 atom stereocenters. The van der Waals surface area contributed by atoms with Crippen LogP contribution in [0.2, 0.25) is 0 Å². The molecule has 0 amide bonds. The zero-order valence-corrected chi connectivity index (χ0v) is 13.7. The van der Waals surface area contributed by atoms with E-state index in [-0.39, 0.29) is 0 Å². The van der Waals surface area contributed by atoms with E-state index in [0.29, 0.717) is 6.04 Å². The minimum Gasteiger partial charge on any atom is -0.497 e. The molecule has 3 heteroatoms. The molecular formula is C17H20BrNO. The van der Waals surface area contributed by atoms with Gasteiger partial charge >= 0.3 is 0 Å². The van der Waals surface area contributed by atoms with E-state index < -0.39 is 0 Å². The predicted molar refractivity (Wildman–Crippen MR) is 87.4 cm³/mol. The second-order valence-corrected chi connectivity index (χ2v) is 5.77. The summed E-state index contributed by atoms with van der Waals surface area (Å²) in [7, 11) is 3.70. The highest BCUT2D eigenvalue weighted by Crippen LogP contribution is 2.27. The standard InChI is InChI=1S/C17H20BrNO/c1-12-4-6-13(7-5-12)17(19-2)11-14-10-15(20-3)8-9-16(14)18/h4-10,17,19H,11H2,1-3H3. The van der Waals surface area contributed by atoms with Crippen molar-refractivity contribution < 1.29 is 4.74 Å². The molecule has 20 heavy (non-hydrogen) atoms. The second kappa shape index (κ2) is 6.91. The molecule has 2 nitrogen and oxygen atoms in total. The predicted octanol–water partition coefficient (Wildman–Crippen LogP) is 4.27. The number of methoxy groups -OCH3 is 1. The smallest absolute Gasteiger partial charge is 0.119 e. The van der Waals surface area contributed by atoms with Crippen LogP contribution in [0.3, 0.4) is 0 Å². The van der Waals surface area contributed by atoms with Gasteiger partial charge in [-0.15, -0.1) is 0 Å². The summed E-state index contributed by atoms with van der Waals surface area (Å²) < 4.78 is 6.42. The maximum Gasteiger partial charge on any atom is 0.119 e. The van der Waals surface area contributed by atoms with Crippen LogP contribution in [0.25, 0.3) is 0 Å². The molecule has 0 spiro atoms. The van der Waals surface area contributed by atoms with Crippen molar-refractivity contribution in [1.29, 1.82) is 0 Å². The van der Waals surface area contributed by atoms with Crippen molar-refractivity contribution in [1.82, 2.24) is 5.32 Å². The molecule has 106 valence electrons. The summed E-state index contributed by atoms with van der Waals surface area (Å²) in [4.78, 5) is 0. The molecule has 2 aromatic rings. The van der Waals surface area contributed by atoms with Crippen molar-refractivity contribution in [3.63, 3.8) is 0 Å². The highest BCUT2D eigenvalue weighted by atomic mass is 79.9. The average Bonchev–Trinajstić information content (AvgIpc) is 2.47. The van der Waals surface area contributed by atoms with Crippen LogP contribution in [0.5, 0.6) is 5.75 Å². The van der Waals surface area contributed by atoms with Gasteiger partial charge in [0, 0.05) is 10.5 Å². The fourth-order valence-electron chi connectivity index (χ4n) is 2.24. The molecule has 0 bridgehead atoms. The second-order valence-electron chi connectivity index (χ2n) is 4.91. The van der Waals surface area contributed by atoms with Crippen molar-refractivity contribution in [2.75, 3.05) is 14.2 Å². The number of nitrogens with one attached hydrogen (secondary N) is 1. The molecule has 0 aromatic heterocycles. The summed E-state index contributed by atoms with van der Waals surface area (Å²) in [6, 6.07) is 15.1. The van der Waals surface area contributed by atoms with Gasteiger partial charge in [-0.25, -0.2) is 0 Å². The van der Waals surface area contributed by atoms with Crippen LogP contribution in [-0.2, 0) is 6.42 Å². The number of rotatable bonds is 5. The molecule has 0 radical (unpaired) electrons. The van der Waals surface area contributed by atoms with Crippen molar-refractivity contribution in [3.8, 4) is 5.75 Å². The van der Waals surface area contributed by atoms with Crippen LogP contribution in [-0.4, -0.2) is 14.2 Å². The lowest BCUT2D eigenvalue weighted by atomic mass is 9.98. The molecule has 1 N–H and O–H groups in total. The fourth-order valence-corrected chi connectivity index (χ4v) is 2.65. The molecule has 0 aliphatic rings. The van der Waals surface area contributed by atoms with Gasteiger partial charge in [-0.1, -0.05) is 45.8 Å². The first kappa shape index (κ1) is 15.1. The Morgan fingerprint density at radius 1 is 1.15 bits per heavy atom. The van der Waals surface area contributed by atoms with E-state index in [1.54, 1.807) is 7.11 Å². The number of ether oxygens (including phenoxy) is 1. The fraction of sp³-hybridized carbons (Fsp3) is 0.294. The summed E-state index contributed by atoms with van der Waals surface area (Å²) in [5, 5.41) is 3.39. The van der Waals surface area contributed by atoms with Crippen LogP contribution in [0.4, 0.5) is 0 Å². The Kier molecular flexibility index (Phi) is 5.21. The molecule has 0 aliphatic heterocycles. The molecule has 1 unspecified atom stereocenters. The number of likely N-dealkylation sites (N-methyl/N-ethyl adjacent to an activating group) is 1. The highest BCUT2D eigenvalue weighted by Gasteiger charge is 2.12. The number of halogens is 1. The topological polar surface area (TPSA) is 21.3 Å². The Balaban J connectivity index is 2.23. The van der Waals surface area contributed by atoms with Crippen LogP contribution < -0.4 is 10.1 Å². The van der Waals surface area contributed by atoms with Gasteiger partial charge in [0.25, 0.3) is 0 Å². The zero-order valence-electron chi connectivity index (χ0n) is 12.1. The number of hydrogen-bond acceptors (Lipinski definition) is 2. The van der Waals surface area contributed by atoms with Gasteiger partial charge in [0.15, 0.2) is 0 Å². The lowest BCUT2D eigenvalue weighted by molar-refractivity contribution is 0.414. The number of hydrogen-bond donors (Lipinski definition) is 1. The average molecular weight is 334 g/mol. The van der Waals surface area contributed by atoms with Crippen LogP contribution >= 0.6 is 15.9 Å². The summed E-state index contributed by atoms with van der Waals surface area (Å²) in [6.45, 7) is 2.11. The zero-order chi connectivity index (χ0) is 14.5. The Morgan fingerprint density at radius 3 is 2.45 bits per heavy atom. The third-order valence-corrected chi connectivity index (χ3v) is 4.28. The third-order valence-electron chi connectivity index (χ3n) is 3.51. The minimum atomic E-state index is 0.291. The molecule has 0 aliphatic carbocycles. The molecule has 0 heterocycles. The van der Waals surface area contributed by atoms with Gasteiger partial charge < -0.3 is 10.1 Å². The summed E-state index contributed by atoms with van der Waals surface area (Å²) >= 11 is 3.62. The molecule has 0 saturated heterocycles. The van der Waals surface area contributed by atoms with Crippen molar-refractivity contribution in [2.24, 2.45) is 0 Å². The lowest BCUT2D eigenvalue weighted by Crippen LogP contribution is -2.19. The van der Waals surface area contributed by atoms with Crippen molar-refractivity contribution >= 4 is 15.9 Å². The number of aryl methyl sites for hydroxylation is 1. The molecule has 2 aromatic carbocycles. The largest absolute Gasteiger partial charge is 0.497 e. The van der Waals surface area contributed by atoms with E-state index in [1.807, 2.05) is 19.2 Å². The van der Waals surface area contributed by atoms with E-state index in [2.05, 4.69) is 58.5 Å². The maximum absolute atomic E-state index is 5.31. The highest BCUT2D eigenvalue weighted by molar-refractivity contribution is 9.10. The van der Waals surface area contributed by atoms with E-state index in [9.17, 15) is 0 Å². The minimum absolute atomic E-state index is 0.291. The first-order valence-corrected chi connectivity index (χ1v) is 7.49.